The van der Waals surface area contributed by atoms with E-state index in [-0.39, 0.29) is 0 Å². The van der Waals surface area contributed by atoms with E-state index in [0.717, 1.165) is 34.5 Å². The molecule has 0 amide bonds. The van der Waals surface area contributed by atoms with Crippen LogP contribution in [0.2, 0.25) is 12.1 Å². The van der Waals surface area contributed by atoms with Gasteiger partial charge >= 0.3 is 0 Å². The van der Waals surface area contributed by atoms with Crippen LogP contribution >= 0.6 is 0 Å². The van der Waals surface area contributed by atoms with Crippen molar-refractivity contribution in [3.8, 4) is 0 Å². The molecule has 1 aliphatic heterocycles. The molecule has 6 aromatic rings. The first-order chi connectivity index (χ1) is 20.2. The van der Waals surface area contributed by atoms with E-state index in [1.807, 2.05) is 0 Å². The van der Waals surface area contributed by atoms with Crippen molar-refractivity contribution in [3.63, 3.8) is 0 Å². The summed E-state index contributed by atoms with van der Waals surface area (Å²) < 4.78 is 0. The van der Waals surface area contributed by atoms with Crippen molar-refractivity contribution >= 4 is 51.4 Å². The van der Waals surface area contributed by atoms with E-state index in [1.54, 1.807) is 0 Å². The number of aromatic nitrogens is 2. The van der Waals surface area contributed by atoms with E-state index in [1.165, 1.54) is 43.4 Å². The van der Waals surface area contributed by atoms with E-state index in [9.17, 15) is 0 Å². The fraction of sp³-hybridized carbons (Fsp3) is 0.105. The molecule has 4 aromatic carbocycles. The van der Waals surface area contributed by atoms with Gasteiger partial charge in [0.25, 0.3) is 0 Å². The van der Waals surface area contributed by atoms with E-state index in [2.05, 4.69) is 147 Å². The van der Waals surface area contributed by atoms with Crippen LogP contribution in [0, 0.1) is 0 Å². The molecule has 1 aliphatic rings. The summed E-state index contributed by atoms with van der Waals surface area (Å²) in [4.78, 5) is 10.7. The highest BCUT2D eigenvalue weighted by Gasteiger charge is 2.49. The third kappa shape index (κ3) is 4.16. The minimum absolute atomic E-state index is 1.04. The van der Waals surface area contributed by atoms with Gasteiger partial charge in [0.05, 0.1) is 22.4 Å². The Morgan fingerprint density at radius 1 is 0.439 bits per heavy atom. The third-order valence-corrected chi connectivity index (χ3v) is 14.1. The van der Waals surface area contributed by atoms with Crippen LogP contribution in [-0.4, -0.2) is 18.0 Å². The maximum Gasteiger partial charge on any atom is 0.124 e. The van der Waals surface area contributed by atoms with Gasteiger partial charge in [-0.3, -0.25) is 0 Å². The van der Waals surface area contributed by atoms with Crippen LogP contribution < -0.4 is 0 Å². The second-order valence-electron chi connectivity index (χ2n) is 10.8. The molecule has 198 valence electrons. The number of nitrogens with zero attached hydrogens (tertiary/aromatic N) is 2. The van der Waals surface area contributed by atoms with E-state index in [0.29, 0.717) is 0 Å². The van der Waals surface area contributed by atoms with Crippen LogP contribution in [0.25, 0.3) is 43.3 Å². The van der Waals surface area contributed by atoms with Crippen LogP contribution in [0.1, 0.15) is 36.4 Å². The van der Waals surface area contributed by atoms with E-state index < -0.39 is 8.07 Å². The fourth-order valence-electron chi connectivity index (χ4n) is 6.75. The van der Waals surface area contributed by atoms with Gasteiger partial charge in [0.2, 0.25) is 0 Å². The predicted molar refractivity (Wildman–Crippen MR) is 177 cm³/mol. The first-order valence-electron chi connectivity index (χ1n) is 14.6. The smallest absolute Gasteiger partial charge is 0.124 e. The number of pyridine rings is 2. The van der Waals surface area contributed by atoms with Crippen molar-refractivity contribution in [2.75, 3.05) is 0 Å². The lowest BCUT2D eigenvalue weighted by atomic mass is 9.90. The largest absolute Gasteiger partial charge is 0.249 e. The summed E-state index contributed by atoms with van der Waals surface area (Å²) in [6, 6.07) is 50.0. The Kier molecular flexibility index (Phi) is 6.45. The molecule has 0 atom stereocenters. The van der Waals surface area contributed by atoms with Gasteiger partial charge in [-0.05, 0) is 56.9 Å². The molecule has 0 fully saturated rings. The highest BCUT2D eigenvalue weighted by Crippen LogP contribution is 2.57. The van der Waals surface area contributed by atoms with Crippen molar-refractivity contribution in [1.82, 2.24) is 9.97 Å². The summed E-state index contributed by atoms with van der Waals surface area (Å²) in [6.07, 6.45) is 0. The van der Waals surface area contributed by atoms with Crippen molar-refractivity contribution in [2.45, 2.75) is 25.9 Å². The van der Waals surface area contributed by atoms with E-state index in [4.69, 9.17) is 9.97 Å². The Labute approximate surface area is 242 Å². The first-order valence-corrected chi connectivity index (χ1v) is 17.0. The van der Waals surface area contributed by atoms with Crippen molar-refractivity contribution in [3.05, 3.63) is 156 Å². The first kappa shape index (κ1) is 25.4. The van der Waals surface area contributed by atoms with Crippen LogP contribution in [0.5, 0.6) is 0 Å². The lowest BCUT2D eigenvalue weighted by molar-refractivity contribution is 1.27. The molecule has 0 spiro atoms. The fourth-order valence-corrected chi connectivity index (χ4v) is 11.7. The lowest BCUT2D eigenvalue weighted by Crippen LogP contribution is -2.35. The van der Waals surface area contributed by atoms with Gasteiger partial charge in [-0.1, -0.05) is 135 Å². The van der Waals surface area contributed by atoms with Gasteiger partial charge in [-0.2, -0.15) is 0 Å². The minimum Gasteiger partial charge on any atom is -0.249 e. The second kappa shape index (κ2) is 10.4. The second-order valence-corrected chi connectivity index (χ2v) is 15.4. The normalized spacial score (nSPS) is 14.8. The summed E-state index contributed by atoms with van der Waals surface area (Å²) in [6.45, 7) is 4.77. The highest BCUT2D eigenvalue weighted by molar-refractivity contribution is 7.14. The van der Waals surface area contributed by atoms with Crippen LogP contribution in [0.3, 0.4) is 0 Å². The van der Waals surface area contributed by atoms with Crippen molar-refractivity contribution in [2.24, 2.45) is 0 Å². The summed E-state index contributed by atoms with van der Waals surface area (Å²) in [5.74, 6) is 0. The Balaban J connectivity index is 1.63. The molecule has 0 N–H and O–H groups in total. The molecule has 0 unspecified atom stereocenters. The molecule has 0 radical (unpaired) electrons. The Morgan fingerprint density at radius 2 is 0.829 bits per heavy atom. The molecule has 0 aliphatic carbocycles. The number of benzene rings is 4. The summed E-state index contributed by atoms with van der Waals surface area (Å²) >= 11 is 0. The van der Waals surface area contributed by atoms with Crippen molar-refractivity contribution < 1.29 is 0 Å². The number of rotatable bonds is 6. The van der Waals surface area contributed by atoms with Crippen molar-refractivity contribution in [1.29, 1.82) is 0 Å². The monoisotopic (exact) mass is 544 g/mol. The Hall–Kier alpha value is -4.60. The molecule has 3 heteroatoms. The average molecular weight is 545 g/mol. The quantitative estimate of drug-likeness (QED) is 0.195. The molecule has 7 rings (SSSR count). The van der Waals surface area contributed by atoms with Gasteiger partial charge in [0, 0.05) is 10.8 Å². The number of allylic oxidation sites excluding steroid dienone is 2. The van der Waals surface area contributed by atoms with Gasteiger partial charge in [0.1, 0.15) is 8.07 Å². The van der Waals surface area contributed by atoms with Gasteiger partial charge in [0.15, 0.2) is 0 Å². The predicted octanol–water partition coefficient (Wildman–Crippen LogP) is 9.89. The molecule has 3 heterocycles. The molecule has 2 nitrogen and oxygen atoms in total. The average Bonchev–Trinajstić information content (AvgIpc) is 3.36. The molecular weight excluding hydrogens is 513 g/mol. The topological polar surface area (TPSA) is 25.8 Å². The summed E-state index contributed by atoms with van der Waals surface area (Å²) in [7, 11) is -2.35. The maximum absolute atomic E-state index is 5.36. The van der Waals surface area contributed by atoms with Crippen LogP contribution in [0.15, 0.2) is 133 Å². The minimum atomic E-state index is -2.35. The molecule has 0 saturated heterocycles. The Morgan fingerprint density at radius 3 is 1.24 bits per heavy atom. The third-order valence-electron chi connectivity index (χ3n) is 8.75. The Bertz CT molecular complexity index is 1810. The summed E-state index contributed by atoms with van der Waals surface area (Å²) in [5.41, 5.74) is 9.40. The van der Waals surface area contributed by atoms with E-state index >= 15 is 0 Å². The zero-order chi connectivity index (χ0) is 27.8. The highest BCUT2D eigenvalue weighted by atomic mass is 28.3. The zero-order valence-electron chi connectivity index (χ0n) is 23.5. The molecule has 2 aromatic heterocycles. The number of fused-ring (bicyclic) bond motifs is 2. The SMILES string of the molecule is CC[Si]1(CC)C(c2ccc3ccccc3n2)=C(c2ccccc2)C(c2ccccc2)=C1c1ccc2ccccc2n1. The van der Waals surface area contributed by atoms with Gasteiger partial charge in [-0.25, -0.2) is 9.97 Å². The maximum atomic E-state index is 5.36. The van der Waals surface area contributed by atoms with Crippen LogP contribution in [0.4, 0.5) is 0 Å². The summed E-state index contributed by atoms with van der Waals surface area (Å²) in [5, 5.41) is 5.21. The van der Waals surface area contributed by atoms with Gasteiger partial charge < -0.3 is 0 Å². The molecule has 0 saturated carbocycles. The number of hydrogen-bond donors (Lipinski definition) is 0. The molecule has 0 bridgehead atoms. The zero-order valence-corrected chi connectivity index (χ0v) is 24.5. The standard InChI is InChI=1S/C38H32N2Si/c1-3-41(4-2)37(33-25-23-27-15-11-13-21-31(27)39-33)35(29-17-7-5-8-18-29)36(30-19-9-6-10-20-30)38(41)34-26-24-28-16-12-14-22-32(28)40-34/h5-26H,3-4H2,1-2H3. The van der Waals surface area contributed by atoms with Crippen LogP contribution in [-0.2, 0) is 0 Å². The molecule has 41 heavy (non-hydrogen) atoms. The lowest BCUT2D eigenvalue weighted by Gasteiger charge is -2.32. The molecular formula is C38H32N2Si. The number of para-hydroxylation sites is 2. The van der Waals surface area contributed by atoms with Gasteiger partial charge in [-0.15, -0.1) is 0 Å². The number of hydrogen-bond acceptors (Lipinski definition) is 2.